The minimum atomic E-state index is -0.137. The van der Waals surface area contributed by atoms with Gasteiger partial charge in [0.25, 0.3) is 5.91 Å². The first-order valence-electron chi connectivity index (χ1n) is 6.52. The normalized spacial score (nSPS) is 10.3. The van der Waals surface area contributed by atoms with Gasteiger partial charge in [0.15, 0.2) is 0 Å². The van der Waals surface area contributed by atoms with E-state index in [0.717, 1.165) is 11.3 Å². The number of aromatic nitrogens is 3. The molecule has 0 saturated carbocycles. The van der Waals surface area contributed by atoms with Gasteiger partial charge in [-0.3, -0.25) is 9.89 Å². The summed E-state index contributed by atoms with van der Waals surface area (Å²) in [5.74, 6) is 0.137. The largest absolute Gasteiger partial charge is 0.378 e. The van der Waals surface area contributed by atoms with Crippen LogP contribution in [0.5, 0.6) is 0 Å². The summed E-state index contributed by atoms with van der Waals surface area (Å²) in [7, 11) is 4.00. The van der Waals surface area contributed by atoms with Crippen LogP contribution in [0.4, 0.5) is 5.69 Å². The highest BCUT2D eigenvalue weighted by molar-refractivity contribution is 5.90. The van der Waals surface area contributed by atoms with E-state index in [1.54, 1.807) is 4.90 Å². The second kappa shape index (κ2) is 6.18. The van der Waals surface area contributed by atoms with E-state index in [1.165, 1.54) is 6.33 Å². The van der Waals surface area contributed by atoms with E-state index in [4.69, 9.17) is 0 Å². The van der Waals surface area contributed by atoms with Crippen LogP contribution in [0.1, 0.15) is 23.1 Å². The molecule has 0 spiro atoms. The number of hydrogen-bond acceptors (Lipinski definition) is 4. The molecular formula is C14H19N5O. The molecule has 0 unspecified atom stereocenters. The summed E-state index contributed by atoms with van der Waals surface area (Å²) < 4.78 is 0. The van der Waals surface area contributed by atoms with Gasteiger partial charge in [-0.25, -0.2) is 4.98 Å². The van der Waals surface area contributed by atoms with Gasteiger partial charge in [0.2, 0.25) is 5.82 Å². The average molecular weight is 273 g/mol. The predicted octanol–water partition coefficient (Wildman–Crippen LogP) is 1.53. The molecule has 0 atom stereocenters. The summed E-state index contributed by atoms with van der Waals surface area (Å²) >= 11 is 0. The number of carbonyl (C=O) groups excluding carboxylic acids is 1. The second-order valence-corrected chi connectivity index (χ2v) is 4.71. The van der Waals surface area contributed by atoms with Gasteiger partial charge in [0, 0.05) is 32.9 Å². The number of nitrogens with one attached hydrogen (secondary N) is 1. The lowest BCUT2D eigenvalue weighted by Crippen LogP contribution is -2.31. The number of aromatic amines is 1. The zero-order valence-electron chi connectivity index (χ0n) is 12.0. The van der Waals surface area contributed by atoms with E-state index in [0.29, 0.717) is 13.1 Å². The summed E-state index contributed by atoms with van der Waals surface area (Å²) in [6.45, 7) is 3.13. The summed E-state index contributed by atoms with van der Waals surface area (Å²) in [5.41, 5.74) is 2.23. The number of rotatable bonds is 5. The fourth-order valence-corrected chi connectivity index (χ4v) is 1.91. The van der Waals surface area contributed by atoms with Crippen LogP contribution in [-0.2, 0) is 6.54 Å². The molecular weight excluding hydrogens is 254 g/mol. The number of benzene rings is 1. The number of H-pyrrole nitrogens is 1. The first-order chi connectivity index (χ1) is 9.61. The van der Waals surface area contributed by atoms with Gasteiger partial charge in [0.1, 0.15) is 6.33 Å². The van der Waals surface area contributed by atoms with E-state index in [9.17, 15) is 4.79 Å². The monoisotopic (exact) mass is 273 g/mol. The highest BCUT2D eigenvalue weighted by Gasteiger charge is 2.16. The van der Waals surface area contributed by atoms with Crippen molar-refractivity contribution in [3.8, 4) is 0 Å². The first-order valence-corrected chi connectivity index (χ1v) is 6.52. The van der Waals surface area contributed by atoms with Crippen LogP contribution < -0.4 is 4.90 Å². The van der Waals surface area contributed by atoms with Gasteiger partial charge in [-0.15, -0.1) is 0 Å². The molecule has 106 valence electrons. The molecule has 1 heterocycles. The lowest BCUT2D eigenvalue weighted by atomic mass is 10.2. The molecule has 1 N–H and O–H groups in total. The summed E-state index contributed by atoms with van der Waals surface area (Å²) in [4.78, 5) is 19.9. The minimum absolute atomic E-state index is 0.137. The number of amides is 1. The Morgan fingerprint density at radius 1 is 1.25 bits per heavy atom. The molecule has 0 saturated heterocycles. The van der Waals surface area contributed by atoms with E-state index < -0.39 is 0 Å². The summed E-state index contributed by atoms with van der Waals surface area (Å²) in [6, 6.07) is 8.15. The third-order valence-corrected chi connectivity index (χ3v) is 3.11. The topological polar surface area (TPSA) is 65.1 Å². The molecule has 1 aromatic heterocycles. The van der Waals surface area contributed by atoms with Gasteiger partial charge < -0.3 is 9.80 Å². The smallest absolute Gasteiger partial charge is 0.291 e. The summed E-state index contributed by atoms with van der Waals surface area (Å²) in [6.07, 6.45) is 1.34. The van der Waals surface area contributed by atoms with Gasteiger partial charge >= 0.3 is 0 Å². The Morgan fingerprint density at radius 3 is 2.45 bits per heavy atom. The number of anilines is 1. The summed E-state index contributed by atoms with van der Waals surface area (Å²) in [5, 5.41) is 6.31. The highest BCUT2D eigenvalue weighted by atomic mass is 16.2. The Balaban J connectivity index is 2.08. The molecule has 0 aliphatic rings. The van der Waals surface area contributed by atoms with Gasteiger partial charge in [0.05, 0.1) is 0 Å². The number of carbonyl (C=O) groups is 1. The van der Waals surface area contributed by atoms with Crippen LogP contribution >= 0.6 is 0 Å². The molecule has 0 bridgehead atoms. The Labute approximate surface area is 118 Å². The molecule has 20 heavy (non-hydrogen) atoms. The molecule has 6 nitrogen and oxygen atoms in total. The van der Waals surface area contributed by atoms with Crippen molar-refractivity contribution in [2.24, 2.45) is 0 Å². The quantitative estimate of drug-likeness (QED) is 0.897. The molecule has 1 amide bonds. The lowest BCUT2D eigenvalue weighted by molar-refractivity contribution is 0.0740. The maximum absolute atomic E-state index is 12.2. The molecule has 0 radical (unpaired) electrons. The number of nitrogens with zero attached hydrogens (tertiary/aromatic N) is 4. The highest BCUT2D eigenvalue weighted by Crippen LogP contribution is 2.14. The molecule has 0 aliphatic carbocycles. The van der Waals surface area contributed by atoms with E-state index >= 15 is 0 Å². The van der Waals surface area contributed by atoms with E-state index in [-0.39, 0.29) is 11.7 Å². The maximum Gasteiger partial charge on any atom is 0.291 e. The van der Waals surface area contributed by atoms with Crippen LogP contribution in [0.3, 0.4) is 0 Å². The van der Waals surface area contributed by atoms with Crippen molar-refractivity contribution in [3.63, 3.8) is 0 Å². The fourth-order valence-electron chi connectivity index (χ4n) is 1.91. The standard InChI is InChI=1S/C14H19N5O/c1-4-19(14(20)13-15-10-16-17-13)9-11-5-7-12(8-6-11)18(2)3/h5-8,10H,4,9H2,1-3H3,(H,15,16,17). The Hall–Kier alpha value is -2.37. The van der Waals surface area contributed by atoms with E-state index in [1.807, 2.05) is 50.2 Å². The van der Waals surface area contributed by atoms with Crippen LogP contribution in [0, 0.1) is 0 Å². The maximum atomic E-state index is 12.2. The predicted molar refractivity (Wildman–Crippen MR) is 77.6 cm³/mol. The Bertz CT molecular complexity index is 547. The molecule has 2 rings (SSSR count). The third kappa shape index (κ3) is 3.14. The van der Waals surface area contributed by atoms with Crippen molar-refractivity contribution in [3.05, 3.63) is 42.0 Å². The van der Waals surface area contributed by atoms with Crippen LogP contribution in [0.2, 0.25) is 0 Å². The van der Waals surface area contributed by atoms with Crippen molar-refractivity contribution in [1.29, 1.82) is 0 Å². The van der Waals surface area contributed by atoms with Crippen LogP contribution in [-0.4, -0.2) is 46.6 Å². The van der Waals surface area contributed by atoms with Crippen molar-refractivity contribution in [1.82, 2.24) is 20.1 Å². The second-order valence-electron chi connectivity index (χ2n) is 4.71. The van der Waals surface area contributed by atoms with Crippen LogP contribution in [0.25, 0.3) is 0 Å². The van der Waals surface area contributed by atoms with Crippen molar-refractivity contribution in [2.45, 2.75) is 13.5 Å². The Morgan fingerprint density at radius 2 is 1.95 bits per heavy atom. The first kappa shape index (κ1) is 14.0. The third-order valence-electron chi connectivity index (χ3n) is 3.11. The molecule has 0 fully saturated rings. The van der Waals surface area contributed by atoms with E-state index in [2.05, 4.69) is 15.2 Å². The fraction of sp³-hybridized carbons (Fsp3) is 0.357. The zero-order valence-corrected chi connectivity index (χ0v) is 12.0. The lowest BCUT2D eigenvalue weighted by Gasteiger charge is -2.20. The minimum Gasteiger partial charge on any atom is -0.378 e. The van der Waals surface area contributed by atoms with Crippen molar-refractivity contribution < 1.29 is 4.79 Å². The molecule has 1 aromatic carbocycles. The number of hydrogen-bond donors (Lipinski definition) is 1. The molecule has 6 heteroatoms. The average Bonchev–Trinajstić information content (AvgIpc) is 2.98. The van der Waals surface area contributed by atoms with Crippen molar-refractivity contribution in [2.75, 3.05) is 25.5 Å². The van der Waals surface area contributed by atoms with Gasteiger partial charge in [-0.1, -0.05) is 12.1 Å². The Kier molecular flexibility index (Phi) is 4.34. The molecule has 0 aliphatic heterocycles. The van der Waals surface area contributed by atoms with Crippen LogP contribution in [0.15, 0.2) is 30.6 Å². The SMILES string of the molecule is CCN(Cc1ccc(N(C)C)cc1)C(=O)c1ncn[nH]1. The van der Waals surface area contributed by atoms with Gasteiger partial charge in [-0.05, 0) is 24.6 Å². The van der Waals surface area contributed by atoms with Crippen molar-refractivity contribution >= 4 is 11.6 Å². The van der Waals surface area contributed by atoms with Gasteiger partial charge in [-0.2, -0.15) is 5.10 Å². The zero-order chi connectivity index (χ0) is 14.5. The molecule has 2 aromatic rings.